The molecular weight excluding hydrogens is 368 g/mol. The van der Waals surface area contributed by atoms with Gasteiger partial charge in [-0.05, 0) is 50.1 Å². The molecule has 0 saturated carbocycles. The van der Waals surface area contributed by atoms with Gasteiger partial charge in [-0.15, -0.1) is 0 Å². The van der Waals surface area contributed by atoms with Crippen LogP contribution in [0.25, 0.3) is 17.0 Å². The van der Waals surface area contributed by atoms with E-state index in [1.807, 2.05) is 51.1 Å². The van der Waals surface area contributed by atoms with Crippen molar-refractivity contribution < 1.29 is 18.7 Å². The molecule has 0 amide bonds. The van der Waals surface area contributed by atoms with E-state index in [4.69, 9.17) is 13.9 Å². The van der Waals surface area contributed by atoms with Crippen LogP contribution in [0.2, 0.25) is 0 Å². The number of benzene rings is 2. The van der Waals surface area contributed by atoms with Crippen LogP contribution in [0.15, 0.2) is 63.8 Å². The Morgan fingerprint density at radius 2 is 1.90 bits per heavy atom. The van der Waals surface area contributed by atoms with E-state index in [1.54, 1.807) is 18.2 Å². The zero-order valence-corrected chi connectivity index (χ0v) is 16.6. The minimum atomic E-state index is -0.719. The van der Waals surface area contributed by atoms with Gasteiger partial charge in [0.25, 0.3) is 0 Å². The van der Waals surface area contributed by atoms with Crippen molar-refractivity contribution in [2.45, 2.75) is 38.9 Å². The summed E-state index contributed by atoms with van der Waals surface area (Å²) in [5.41, 5.74) is 2.36. The van der Waals surface area contributed by atoms with Gasteiger partial charge in [0.1, 0.15) is 23.0 Å². The summed E-state index contributed by atoms with van der Waals surface area (Å²) >= 11 is 0. The Kier molecular flexibility index (Phi) is 4.74. The Labute approximate surface area is 168 Å². The van der Waals surface area contributed by atoms with Gasteiger partial charge < -0.3 is 13.9 Å². The molecule has 3 aromatic rings. The predicted molar refractivity (Wildman–Crippen MR) is 111 cm³/mol. The third kappa shape index (κ3) is 4.09. The summed E-state index contributed by atoms with van der Waals surface area (Å²) in [5, 5.41) is 0.802. The van der Waals surface area contributed by atoms with E-state index >= 15 is 0 Å². The molecule has 1 aromatic heterocycles. The molecule has 0 N–H and O–H groups in total. The number of carbonyl (C=O) groups excluding carboxylic acids is 1. The van der Waals surface area contributed by atoms with Gasteiger partial charge in [0.05, 0.1) is 0 Å². The van der Waals surface area contributed by atoms with Gasteiger partial charge in [-0.2, -0.15) is 0 Å². The molecule has 0 radical (unpaired) electrons. The average Bonchev–Trinajstić information content (AvgIpc) is 2.66. The maximum absolute atomic E-state index is 12.4. The highest BCUT2D eigenvalue weighted by molar-refractivity contribution is 5.87. The molecular formula is C24H22O5. The molecule has 1 atom stereocenters. The summed E-state index contributed by atoms with van der Waals surface area (Å²) in [7, 11) is 0. The molecule has 0 fully saturated rings. The minimum Gasteiger partial charge on any atom is -0.484 e. The largest absolute Gasteiger partial charge is 0.484 e. The number of hydrogen-bond donors (Lipinski definition) is 0. The Hall–Kier alpha value is -3.34. The molecule has 2 heterocycles. The van der Waals surface area contributed by atoms with Crippen molar-refractivity contribution in [2.24, 2.45) is 0 Å². The van der Waals surface area contributed by atoms with Crippen LogP contribution in [0.3, 0.4) is 0 Å². The van der Waals surface area contributed by atoms with Crippen molar-refractivity contribution in [1.82, 2.24) is 0 Å². The Balaban J connectivity index is 1.54. The van der Waals surface area contributed by atoms with Crippen LogP contribution in [0.4, 0.5) is 0 Å². The number of hydrogen-bond acceptors (Lipinski definition) is 5. The summed E-state index contributed by atoms with van der Waals surface area (Å²) in [6, 6.07) is 14.6. The van der Waals surface area contributed by atoms with Crippen molar-refractivity contribution in [3.63, 3.8) is 0 Å². The lowest BCUT2D eigenvalue weighted by molar-refractivity contribution is -0.155. The molecule has 0 bridgehead atoms. The molecule has 5 heteroatoms. The summed E-state index contributed by atoms with van der Waals surface area (Å²) < 4.78 is 17.0. The van der Waals surface area contributed by atoms with Gasteiger partial charge in [0.2, 0.25) is 0 Å². The van der Waals surface area contributed by atoms with Crippen LogP contribution in [0, 0.1) is 6.92 Å². The van der Waals surface area contributed by atoms with Crippen LogP contribution in [-0.4, -0.2) is 17.7 Å². The molecule has 4 rings (SSSR count). The third-order valence-electron chi connectivity index (χ3n) is 5.10. The van der Waals surface area contributed by atoms with Crippen LogP contribution in [-0.2, 0) is 16.0 Å². The fourth-order valence-electron chi connectivity index (χ4n) is 3.40. The van der Waals surface area contributed by atoms with Crippen molar-refractivity contribution in [1.29, 1.82) is 0 Å². The fourth-order valence-corrected chi connectivity index (χ4v) is 3.40. The highest BCUT2D eigenvalue weighted by atomic mass is 16.6. The first-order valence-corrected chi connectivity index (χ1v) is 9.51. The molecule has 29 heavy (non-hydrogen) atoms. The summed E-state index contributed by atoms with van der Waals surface area (Å²) in [6.45, 7) is 5.77. The quantitative estimate of drug-likeness (QED) is 0.376. The fraction of sp³-hybridized carbons (Fsp3) is 0.250. The SMILES string of the molecule is Cc1ccc(/C=C/C(=O)O[C@H]2Cc3cc4ccc(=O)oc4cc3OC2(C)C)cc1. The predicted octanol–water partition coefficient (Wildman–Crippen LogP) is 4.44. The summed E-state index contributed by atoms with van der Waals surface area (Å²) in [6.07, 6.45) is 3.24. The Morgan fingerprint density at radius 1 is 1.14 bits per heavy atom. The van der Waals surface area contributed by atoms with Gasteiger partial charge >= 0.3 is 11.6 Å². The van der Waals surface area contributed by atoms with E-state index in [1.165, 1.54) is 12.1 Å². The van der Waals surface area contributed by atoms with E-state index in [2.05, 4.69) is 0 Å². The van der Waals surface area contributed by atoms with Crippen molar-refractivity contribution in [3.05, 3.63) is 81.7 Å². The highest BCUT2D eigenvalue weighted by Crippen LogP contribution is 2.37. The zero-order valence-electron chi connectivity index (χ0n) is 16.6. The highest BCUT2D eigenvalue weighted by Gasteiger charge is 2.39. The molecule has 0 spiro atoms. The van der Waals surface area contributed by atoms with Crippen molar-refractivity contribution in [2.75, 3.05) is 0 Å². The monoisotopic (exact) mass is 390 g/mol. The van der Waals surface area contributed by atoms with E-state index in [9.17, 15) is 9.59 Å². The van der Waals surface area contributed by atoms with Crippen LogP contribution in [0.1, 0.15) is 30.5 Å². The molecule has 1 aliphatic rings. The zero-order chi connectivity index (χ0) is 20.6. The standard InChI is InChI=1S/C24H22O5/c1-15-4-6-16(7-5-15)8-10-23(26)28-21-13-18-12-17-9-11-22(25)27-19(17)14-20(18)29-24(21,2)3/h4-12,14,21H,13H2,1-3H3/b10-8+/t21-/m0/s1. The van der Waals surface area contributed by atoms with E-state index in [-0.39, 0.29) is 0 Å². The molecule has 0 aliphatic carbocycles. The van der Waals surface area contributed by atoms with Gasteiger partial charge in [-0.25, -0.2) is 9.59 Å². The third-order valence-corrected chi connectivity index (χ3v) is 5.10. The average molecular weight is 390 g/mol. The van der Waals surface area contributed by atoms with E-state index in [0.29, 0.717) is 17.8 Å². The summed E-state index contributed by atoms with van der Waals surface area (Å²) in [5.74, 6) is 0.224. The molecule has 148 valence electrons. The van der Waals surface area contributed by atoms with E-state index in [0.717, 1.165) is 22.1 Å². The number of ether oxygens (including phenoxy) is 2. The number of aryl methyl sites for hydroxylation is 1. The maximum atomic E-state index is 12.4. The number of carbonyl (C=O) groups is 1. The molecule has 5 nitrogen and oxygen atoms in total. The topological polar surface area (TPSA) is 65.7 Å². The number of rotatable bonds is 3. The molecule has 1 aliphatic heterocycles. The Morgan fingerprint density at radius 3 is 2.66 bits per heavy atom. The molecule has 0 saturated heterocycles. The first-order valence-electron chi connectivity index (χ1n) is 9.51. The smallest absolute Gasteiger partial charge is 0.336 e. The first kappa shape index (κ1) is 19.0. The first-order chi connectivity index (χ1) is 13.8. The number of fused-ring (bicyclic) bond motifs is 2. The normalized spacial score (nSPS) is 17.7. The van der Waals surface area contributed by atoms with Crippen molar-refractivity contribution >= 4 is 23.0 Å². The number of esters is 1. The Bertz CT molecular complexity index is 1150. The van der Waals surface area contributed by atoms with Gasteiger partial charge in [-0.1, -0.05) is 29.8 Å². The van der Waals surface area contributed by atoms with E-state index < -0.39 is 23.3 Å². The van der Waals surface area contributed by atoms with Crippen LogP contribution in [0.5, 0.6) is 5.75 Å². The lowest BCUT2D eigenvalue weighted by Gasteiger charge is -2.39. The molecule has 0 unspecified atom stereocenters. The molecule has 2 aromatic carbocycles. The summed E-state index contributed by atoms with van der Waals surface area (Å²) in [4.78, 5) is 23.8. The lowest BCUT2D eigenvalue weighted by Crippen LogP contribution is -2.48. The van der Waals surface area contributed by atoms with Gasteiger partial charge in [-0.3, -0.25) is 0 Å². The van der Waals surface area contributed by atoms with Crippen LogP contribution < -0.4 is 10.4 Å². The second-order valence-corrected chi connectivity index (χ2v) is 7.83. The second kappa shape index (κ2) is 7.24. The minimum absolute atomic E-state index is 0.403. The van der Waals surface area contributed by atoms with Gasteiger partial charge in [0.15, 0.2) is 0 Å². The van der Waals surface area contributed by atoms with Crippen LogP contribution >= 0.6 is 0 Å². The maximum Gasteiger partial charge on any atom is 0.336 e. The van der Waals surface area contributed by atoms with Crippen molar-refractivity contribution in [3.8, 4) is 5.75 Å². The second-order valence-electron chi connectivity index (χ2n) is 7.83. The van der Waals surface area contributed by atoms with Gasteiger partial charge in [0, 0.05) is 30.0 Å². The lowest BCUT2D eigenvalue weighted by atomic mass is 9.90.